The van der Waals surface area contributed by atoms with Crippen LogP contribution in [0.5, 0.6) is 0 Å². The zero-order chi connectivity index (χ0) is 18.8. The molecule has 0 aliphatic carbocycles. The van der Waals surface area contributed by atoms with Gasteiger partial charge >= 0.3 is 0 Å². The zero-order valence-corrected chi connectivity index (χ0v) is 19.7. The Morgan fingerprint density at radius 2 is 1.04 bits per heavy atom. The Morgan fingerprint density at radius 1 is 0.704 bits per heavy atom. The van der Waals surface area contributed by atoms with Gasteiger partial charge in [-0.25, -0.2) is 0 Å². The minimum atomic E-state index is 0. The highest BCUT2D eigenvalue weighted by Gasteiger charge is 2.17. The van der Waals surface area contributed by atoms with Crippen molar-refractivity contribution in [1.82, 2.24) is 9.80 Å². The molecule has 2 fully saturated rings. The number of aliphatic imine (C=N–C) groups is 2. The van der Waals surface area contributed by atoms with Gasteiger partial charge in [0.15, 0.2) is 11.9 Å². The van der Waals surface area contributed by atoms with Crippen LogP contribution in [0.25, 0.3) is 0 Å². The van der Waals surface area contributed by atoms with E-state index in [0.717, 1.165) is 75.9 Å². The highest BCUT2D eigenvalue weighted by Crippen LogP contribution is 2.16. The number of nitrogens with two attached hydrogens (primary N) is 2. The Balaban J connectivity index is 0.00000364. The van der Waals surface area contributed by atoms with Crippen LogP contribution in [0.4, 0.5) is 0 Å². The monoisotopic (exact) mass is 492 g/mol. The van der Waals surface area contributed by atoms with E-state index in [9.17, 15) is 0 Å². The van der Waals surface area contributed by atoms with Gasteiger partial charge < -0.3 is 21.3 Å². The van der Waals surface area contributed by atoms with E-state index in [-0.39, 0.29) is 24.0 Å². The number of halogens is 1. The summed E-state index contributed by atoms with van der Waals surface area (Å²) in [7, 11) is 0. The highest BCUT2D eigenvalue weighted by molar-refractivity contribution is 14.0. The number of unbranched alkanes of at least 4 members (excludes halogenated alkanes) is 3. The van der Waals surface area contributed by atoms with Crippen LogP contribution in [-0.2, 0) is 0 Å². The standard InChI is InChI=1S/C20H40N6.HI/c1-17-7-13-25(14-8-17)19(21)23-11-5-3-4-6-12-24-20(22)26-15-9-18(2)10-16-26;/h17-18H,3-16H2,1-2H3,(H2,21,23)(H2,22,24);1H. The van der Waals surface area contributed by atoms with Crippen LogP contribution < -0.4 is 11.5 Å². The van der Waals surface area contributed by atoms with Crippen LogP contribution in [0.3, 0.4) is 0 Å². The topological polar surface area (TPSA) is 83.2 Å². The van der Waals surface area contributed by atoms with E-state index >= 15 is 0 Å². The molecule has 2 heterocycles. The number of nitrogens with zero attached hydrogens (tertiary/aromatic N) is 4. The van der Waals surface area contributed by atoms with Crippen LogP contribution in [0.15, 0.2) is 9.98 Å². The van der Waals surface area contributed by atoms with Crippen molar-refractivity contribution in [1.29, 1.82) is 0 Å². The summed E-state index contributed by atoms with van der Waals surface area (Å²) in [5, 5.41) is 0. The average Bonchev–Trinajstić information content (AvgIpc) is 2.64. The van der Waals surface area contributed by atoms with Crippen molar-refractivity contribution in [2.24, 2.45) is 33.3 Å². The summed E-state index contributed by atoms with van der Waals surface area (Å²) < 4.78 is 0. The number of piperidine rings is 2. The first-order valence-electron chi connectivity index (χ1n) is 10.7. The van der Waals surface area contributed by atoms with Gasteiger partial charge in [0.1, 0.15) is 0 Å². The second kappa shape index (κ2) is 13.4. The van der Waals surface area contributed by atoms with Crippen LogP contribution in [-0.4, -0.2) is 61.0 Å². The maximum absolute atomic E-state index is 6.11. The molecular formula is C20H41IN6. The van der Waals surface area contributed by atoms with Crippen molar-refractivity contribution in [3.63, 3.8) is 0 Å². The minimum Gasteiger partial charge on any atom is -0.370 e. The molecule has 0 spiro atoms. The first kappa shape index (κ1) is 24.3. The predicted octanol–water partition coefficient (Wildman–Crippen LogP) is 3.26. The zero-order valence-electron chi connectivity index (χ0n) is 17.4. The van der Waals surface area contributed by atoms with E-state index in [1.807, 2.05) is 0 Å². The molecule has 0 radical (unpaired) electrons. The van der Waals surface area contributed by atoms with E-state index in [2.05, 4.69) is 33.6 Å². The molecule has 0 unspecified atom stereocenters. The van der Waals surface area contributed by atoms with Gasteiger partial charge in [0.05, 0.1) is 0 Å². The predicted molar refractivity (Wildman–Crippen MR) is 127 cm³/mol. The fourth-order valence-corrected chi connectivity index (χ4v) is 3.64. The third-order valence-electron chi connectivity index (χ3n) is 5.83. The Morgan fingerprint density at radius 3 is 1.37 bits per heavy atom. The number of likely N-dealkylation sites (tertiary alicyclic amines) is 2. The summed E-state index contributed by atoms with van der Waals surface area (Å²) in [5.41, 5.74) is 12.2. The van der Waals surface area contributed by atoms with E-state index in [0.29, 0.717) is 0 Å². The molecular weight excluding hydrogens is 451 g/mol. The fraction of sp³-hybridized carbons (Fsp3) is 0.900. The third-order valence-corrected chi connectivity index (χ3v) is 5.83. The molecule has 27 heavy (non-hydrogen) atoms. The molecule has 0 aromatic rings. The molecule has 0 aromatic carbocycles. The molecule has 6 nitrogen and oxygen atoms in total. The lowest BCUT2D eigenvalue weighted by atomic mass is 10.00. The maximum atomic E-state index is 6.11. The van der Waals surface area contributed by atoms with Gasteiger partial charge in [-0.1, -0.05) is 26.7 Å². The van der Waals surface area contributed by atoms with Crippen molar-refractivity contribution in [3.05, 3.63) is 0 Å². The number of rotatable bonds is 7. The van der Waals surface area contributed by atoms with Gasteiger partial charge in [0.2, 0.25) is 0 Å². The van der Waals surface area contributed by atoms with Gasteiger partial charge in [0.25, 0.3) is 0 Å². The van der Waals surface area contributed by atoms with Gasteiger partial charge in [-0.2, -0.15) is 0 Å². The van der Waals surface area contributed by atoms with Crippen LogP contribution in [0.1, 0.15) is 65.2 Å². The highest BCUT2D eigenvalue weighted by atomic mass is 127. The smallest absolute Gasteiger partial charge is 0.191 e. The van der Waals surface area contributed by atoms with Crippen LogP contribution in [0.2, 0.25) is 0 Å². The molecule has 0 amide bonds. The molecule has 7 heteroatoms. The van der Waals surface area contributed by atoms with Crippen molar-refractivity contribution >= 4 is 35.9 Å². The van der Waals surface area contributed by atoms with E-state index in [1.54, 1.807) is 0 Å². The van der Waals surface area contributed by atoms with Crippen LogP contribution in [0, 0.1) is 11.8 Å². The van der Waals surface area contributed by atoms with E-state index in [1.165, 1.54) is 38.5 Å². The summed E-state index contributed by atoms with van der Waals surface area (Å²) in [6.45, 7) is 10.6. The third kappa shape index (κ3) is 9.34. The number of hydrogen-bond acceptors (Lipinski definition) is 2. The summed E-state index contributed by atoms with van der Waals surface area (Å²) in [5.74, 6) is 3.14. The Bertz CT molecular complexity index is 409. The van der Waals surface area contributed by atoms with Gasteiger partial charge in [0, 0.05) is 39.3 Å². The first-order chi connectivity index (χ1) is 12.6. The molecule has 0 bridgehead atoms. The van der Waals surface area contributed by atoms with Crippen molar-refractivity contribution < 1.29 is 0 Å². The summed E-state index contributed by atoms with van der Waals surface area (Å²) in [6, 6.07) is 0. The van der Waals surface area contributed by atoms with E-state index < -0.39 is 0 Å². The largest absolute Gasteiger partial charge is 0.370 e. The summed E-state index contributed by atoms with van der Waals surface area (Å²) in [6.07, 6.45) is 9.51. The van der Waals surface area contributed by atoms with Crippen molar-refractivity contribution in [3.8, 4) is 0 Å². The summed E-state index contributed by atoms with van der Waals surface area (Å²) >= 11 is 0. The Labute approximate surface area is 183 Å². The molecule has 2 rings (SSSR count). The van der Waals surface area contributed by atoms with Crippen LogP contribution >= 0.6 is 24.0 Å². The summed E-state index contributed by atoms with van der Waals surface area (Å²) in [4.78, 5) is 13.6. The SMILES string of the molecule is CC1CCN(C(N)=NCCCCCCN=C(N)N2CCC(C)CC2)CC1.I. The second-order valence-electron chi connectivity index (χ2n) is 8.23. The Kier molecular flexibility index (Phi) is 12.1. The molecule has 0 aromatic heterocycles. The van der Waals surface area contributed by atoms with Crippen molar-refractivity contribution in [2.75, 3.05) is 39.3 Å². The first-order valence-corrected chi connectivity index (χ1v) is 10.7. The molecule has 2 aliphatic heterocycles. The molecule has 4 N–H and O–H groups in total. The molecule has 2 saturated heterocycles. The quantitative estimate of drug-likeness (QED) is 0.247. The molecule has 2 aliphatic rings. The number of guanidine groups is 2. The van der Waals surface area contributed by atoms with Crippen molar-refractivity contribution in [2.45, 2.75) is 65.2 Å². The van der Waals surface area contributed by atoms with Gasteiger partial charge in [-0.3, -0.25) is 9.98 Å². The Hall–Kier alpha value is -0.730. The molecule has 158 valence electrons. The fourth-order valence-electron chi connectivity index (χ4n) is 3.64. The average molecular weight is 492 g/mol. The lowest BCUT2D eigenvalue weighted by Crippen LogP contribution is -2.42. The lowest BCUT2D eigenvalue weighted by molar-refractivity contribution is 0.277. The van der Waals surface area contributed by atoms with E-state index in [4.69, 9.17) is 11.5 Å². The lowest BCUT2D eigenvalue weighted by Gasteiger charge is -2.31. The number of hydrogen-bond donors (Lipinski definition) is 2. The second-order valence-corrected chi connectivity index (χ2v) is 8.23. The maximum Gasteiger partial charge on any atom is 0.191 e. The normalized spacial score (nSPS) is 20.7. The van der Waals surface area contributed by atoms with Gasteiger partial charge in [-0.05, 0) is 50.4 Å². The minimum absolute atomic E-state index is 0. The molecule has 0 atom stereocenters. The molecule has 0 saturated carbocycles. The van der Waals surface area contributed by atoms with Gasteiger partial charge in [-0.15, -0.1) is 24.0 Å².